The number of nitrogens with zero attached hydrogens (tertiary/aromatic N) is 1. The Morgan fingerprint density at radius 2 is 1.92 bits per heavy atom. The van der Waals surface area contributed by atoms with E-state index in [1.807, 2.05) is 6.92 Å². The highest BCUT2D eigenvalue weighted by molar-refractivity contribution is 5.92. The maximum Gasteiger partial charge on any atom is 0.326 e. The van der Waals surface area contributed by atoms with Crippen LogP contribution in [0.4, 0.5) is 0 Å². The van der Waals surface area contributed by atoms with Gasteiger partial charge in [0.05, 0.1) is 6.04 Å². The Labute approximate surface area is 146 Å². The average molecular weight is 357 g/mol. The molecule has 1 aliphatic heterocycles. The summed E-state index contributed by atoms with van der Waals surface area (Å²) in [6, 6.07) is -2.72. The Kier molecular flexibility index (Phi) is 8.33. The molecule has 0 aromatic rings. The molecule has 0 saturated carbocycles. The largest absolute Gasteiger partial charge is 0.481 e. The Hall–Kier alpha value is -2.16. The zero-order valence-corrected chi connectivity index (χ0v) is 14.4. The number of rotatable bonds is 10. The van der Waals surface area contributed by atoms with Crippen LogP contribution in [0.25, 0.3) is 0 Å². The number of aliphatic carboxylic acids is 2. The lowest BCUT2D eigenvalue weighted by Crippen LogP contribution is -2.53. The molecule has 0 aromatic carbocycles. The Balaban J connectivity index is 2.69. The van der Waals surface area contributed by atoms with Crippen molar-refractivity contribution in [2.45, 2.75) is 70.0 Å². The number of unbranched alkanes of at least 4 members (excludes halogenated alkanes) is 1. The van der Waals surface area contributed by atoms with Crippen LogP contribution < -0.4 is 11.1 Å². The first-order chi connectivity index (χ1) is 11.8. The SMILES string of the molecule is CCCC[C@H](N)C(=O)N1CCC[C@H]1C(=O)N[C@@H](CCC(=O)O)C(=O)O. The van der Waals surface area contributed by atoms with E-state index >= 15 is 0 Å². The predicted octanol–water partition coefficient (Wildman–Crippen LogP) is -0.0709. The topological polar surface area (TPSA) is 150 Å². The number of nitrogens with one attached hydrogen (secondary N) is 1. The quantitative estimate of drug-likeness (QED) is 0.427. The smallest absolute Gasteiger partial charge is 0.326 e. The minimum atomic E-state index is -1.30. The first-order valence-electron chi connectivity index (χ1n) is 8.59. The minimum Gasteiger partial charge on any atom is -0.481 e. The molecular formula is C16H27N3O6. The van der Waals surface area contributed by atoms with Gasteiger partial charge in [-0.15, -0.1) is 0 Å². The fourth-order valence-corrected chi connectivity index (χ4v) is 2.86. The summed E-state index contributed by atoms with van der Waals surface area (Å²) in [7, 11) is 0. The highest BCUT2D eigenvalue weighted by Crippen LogP contribution is 2.19. The number of carbonyl (C=O) groups is 4. The van der Waals surface area contributed by atoms with Gasteiger partial charge < -0.3 is 26.2 Å². The second-order valence-electron chi connectivity index (χ2n) is 6.27. The molecule has 25 heavy (non-hydrogen) atoms. The lowest BCUT2D eigenvalue weighted by atomic mass is 10.1. The van der Waals surface area contributed by atoms with Gasteiger partial charge in [-0.25, -0.2) is 4.79 Å². The van der Waals surface area contributed by atoms with Gasteiger partial charge in [0.2, 0.25) is 11.8 Å². The number of carboxylic acids is 2. The van der Waals surface area contributed by atoms with Crippen LogP contribution in [0, 0.1) is 0 Å². The van der Waals surface area contributed by atoms with Gasteiger partial charge in [-0.1, -0.05) is 19.8 Å². The Morgan fingerprint density at radius 3 is 2.48 bits per heavy atom. The van der Waals surface area contributed by atoms with E-state index < -0.39 is 36.0 Å². The number of hydrogen-bond donors (Lipinski definition) is 4. The van der Waals surface area contributed by atoms with Crippen molar-refractivity contribution in [3.05, 3.63) is 0 Å². The molecule has 1 saturated heterocycles. The number of hydrogen-bond acceptors (Lipinski definition) is 5. The molecule has 1 fully saturated rings. The van der Waals surface area contributed by atoms with Crippen molar-refractivity contribution < 1.29 is 29.4 Å². The summed E-state index contributed by atoms with van der Waals surface area (Å²) >= 11 is 0. The van der Waals surface area contributed by atoms with Gasteiger partial charge in [0, 0.05) is 13.0 Å². The Morgan fingerprint density at radius 1 is 1.24 bits per heavy atom. The lowest BCUT2D eigenvalue weighted by molar-refractivity contribution is -0.144. The summed E-state index contributed by atoms with van der Waals surface area (Å²) in [6.07, 6.45) is 2.75. The van der Waals surface area contributed by atoms with Gasteiger partial charge in [0.15, 0.2) is 0 Å². The van der Waals surface area contributed by atoms with Crippen molar-refractivity contribution in [1.29, 1.82) is 0 Å². The van der Waals surface area contributed by atoms with Crippen molar-refractivity contribution in [2.24, 2.45) is 5.73 Å². The van der Waals surface area contributed by atoms with Crippen molar-refractivity contribution in [2.75, 3.05) is 6.54 Å². The van der Waals surface area contributed by atoms with Gasteiger partial charge in [0.1, 0.15) is 12.1 Å². The van der Waals surface area contributed by atoms with Crippen LogP contribution in [-0.4, -0.2) is 63.5 Å². The second-order valence-corrected chi connectivity index (χ2v) is 6.27. The molecule has 9 heteroatoms. The van der Waals surface area contributed by atoms with Gasteiger partial charge >= 0.3 is 11.9 Å². The van der Waals surface area contributed by atoms with Crippen LogP contribution in [0.5, 0.6) is 0 Å². The predicted molar refractivity (Wildman–Crippen MR) is 88.7 cm³/mol. The maximum absolute atomic E-state index is 12.4. The molecule has 1 rings (SSSR count). The zero-order valence-electron chi connectivity index (χ0n) is 14.4. The summed E-state index contributed by atoms with van der Waals surface area (Å²) in [5.41, 5.74) is 5.89. The fourth-order valence-electron chi connectivity index (χ4n) is 2.86. The van der Waals surface area contributed by atoms with Gasteiger partial charge in [0.25, 0.3) is 0 Å². The molecular weight excluding hydrogens is 330 g/mol. The third kappa shape index (κ3) is 6.33. The van der Waals surface area contributed by atoms with E-state index in [0.29, 0.717) is 25.8 Å². The van der Waals surface area contributed by atoms with E-state index in [0.717, 1.165) is 12.8 Å². The summed E-state index contributed by atoms with van der Waals surface area (Å²) in [5, 5.41) is 20.1. The average Bonchev–Trinajstić information content (AvgIpc) is 3.04. The Bertz CT molecular complexity index is 510. The van der Waals surface area contributed by atoms with Crippen LogP contribution in [0.15, 0.2) is 0 Å². The van der Waals surface area contributed by atoms with E-state index in [-0.39, 0.29) is 18.7 Å². The minimum absolute atomic E-state index is 0.215. The van der Waals surface area contributed by atoms with Gasteiger partial charge in [-0.05, 0) is 25.7 Å². The van der Waals surface area contributed by atoms with Crippen molar-refractivity contribution in [3.8, 4) is 0 Å². The molecule has 2 amide bonds. The standard InChI is InChI=1S/C16H27N3O6/c1-2-3-5-10(17)15(23)19-9-4-6-12(19)14(22)18-11(16(24)25)7-8-13(20)21/h10-12H,2-9,17H2,1H3,(H,18,22)(H,20,21)(H,24,25)/t10-,11-,12-/m0/s1. The first kappa shape index (κ1) is 20.9. The molecule has 3 atom stereocenters. The molecule has 142 valence electrons. The third-order valence-electron chi connectivity index (χ3n) is 4.29. The highest BCUT2D eigenvalue weighted by atomic mass is 16.4. The van der Waals surface area contributed by atoms with E-state index in [4.69, 9.17) is 15.9 Å². The van der Waals surface area contributed by atoms with Crippen LogP contribution >= 0.6 is 0 Å². The van der Waals surface area contributed by atoms with E-state index in [2.05, 4.69) is 5.32 Å². The van der Waals surface area contributed by atoms with Gasteiger partial charge in [-0.3, -0.25) is 14.4 Å². The van der Waals surface area contributed by atoms with Crippen LogP contribution in [0.2, 0.25) is 0 Å². The second kappa shape index (κ2) is 9.97. The number of carbonyl (C=O) groups excluding carboxylic acids is 2. The van der Waals surface area contributed by atoms with E-state index in [1.165, 1.54) is 4.90 Å². The normalized spacial score (nSPS) is 19.3. The van der Waals surface area contributed by atoms with Crippen molar-refractivity contribution >= 4 is 23.8 Å². The molecule has 0 aromatic heterocycles. The molecule has 5 N–H and O–H groups in total. The lowest BCUT2D eigenvalue weighted by Gasteiger charge is -2.27. The van der Waals surface area contributed by atoms with E-state index in [9.17, 15) is 19.2 Å². The number of amides is 2. The van der Waals surface area contributed by atoms with Crippen molar-refractivity contribution in [3.63, 3.8) is 0 Å². The number of likely N-dealkylation sites (tertiary alicyclic amines) is 1. The third-order valence-corrected chi connectivity index (χ3v) is 4.29. The molecule has 0 radical (unpaired) electrons. The van der Waals surface area contributed by atoms with Crippen LogP contribution in [-0.2, 0) is 19.2 Å². The van der Waals surface area contributed by atoms with Crippen LogP contribution in [0.1, 0.15) is 51.9 Å². The van der Waals surface area contributed by atoms with Gasteiger partial charge in [-0.2, -0.15) is 0 Å². The monoisotopic (exact) mass is 357 g/mol. The molecule has 9 nitrogen and oxygen atoms in total. The fraction of sp³-hybridized carbons (Fsp3) is 0.750. The highest BCUT2D eigenvalue weighted by Gasteiger charge is 2.37. The number of carboxylic acid groups (broad SMARTS) is 2. The molecule has 0 spiro atoms. The van der Waals surface area contributed by atoms with Crippen LogP contribution in [0.3, 0.4) is 0 Å². The molecule has 0 unspecified atom stereocenters. The van der Waals surface area contributed by atoms with E-state index in [1.54, 1.807) is 0 Å². The zero-order chi connectivity index (χ0) is 19.0. The molecule has 0 bridgehead atoms. The summed E-state index contributed by atoms with van der Waals surface area (Å²) in [6.45, 7) is 2.40. The molecule has 1 aliphatic rings. The summed E-state index contributed by atoms with van der Waals surface area (Å²) in [4.78, 5) is 48.0. The summed E-state index contributed by atoms with van der Waals surface area (Å²) < 4.78 is 0. The molecule has 1 heterocycles. The number of nitrogens with two attached hydrogens (primary N) is 1. The first-order valence-corrected chi connectivity index (χ1v) is 8.59. The maximum atomic E-state index is 12.4. The molecule has 0 aliphatic carbocycles. The van der Waals surface area contributed by atoms with Crippen molar-refractivity contribution in [1.82, 2.24) is 10.2 Å². The summed E-state index contributed by atoms with van der Waals surface area (Å²) in [5.74, 6) is -3.32.